The molecule has 9 heteroatoms. The summed E-state index contributed by atoms with van der Waals surface area (Å²) in [6.07, 6.45) is -0.591. The molecule has 1 aliphatic rings. The van der Waals surface area contributed by atoms with E-state index >= 15 is 0 Å². The number of nitrogens with one attached hydrogen (secondary N) is 1. The van der Waals surface area contributed by atoms with Crippen molar-refractivity contribution < 1.29 is 27.6 Å². The number of amides is 1. The summed E-state index contributed by atoms with van der Waals surface area (Å²) in [6.45, 7) is 6.74. The first-order valence-electron chi connectivity index (χ1n) is 9.03. The molecule has 1 amide bonds. The molecule has 1 N–H and O–H groups in total. The molecule has 28 heavy (non-hydrogen) atoms. The van der Waals surface area contributed by atoms with Crippen molar-refractivity contribution in [3.05, 3.63) is 46.3 Å². The summed E-state index contributed by atoms with van der Waals surface area (Å²) >= 11 is 0. The molecule has 0 spiro atoms. The van der Waals surface area contributed by atoms with Gasteiger partial charge in [0.2, 0.25) is 0 Å². The van der Waals surface area contributed by atoms with Crippen LogP contribution < -0.4 is 10.1 Å². The van der Waals surface area contributed by atoms with E-state index in [1.165, 1.54) is 4.90 Å². The number of hydrogen-bond donors (Lipinski definition) is 1. The molecule has 1 aromatic heterocycles. The van der Waals surface area contributed by atoms with Crippen molar-refractivity contribution in [2.45, 2.75) is 40.0 Å². The predicted octanol–water partition coefficient (Wildman–Crippen LogP) is 3.08. The van der Waals surface area contributed by atoms with Crippen LogP contribution in [0.3, 0.4) is 0 Å². The first-order chi connectivity index (χ1) is 13.4. The van der Waals surface area contributed by atoms with Crippen LogP contribution in [0.2, 0.25) is 0 Å². The fourth-order valence-electron chi connectivity index (χ4n) is 2.99. The highest BCUT2D eigenvalue weighted by atomic mass is 19.1. The lowest BCUT2D eigenvalue weighted by Crippen LogP contribution is -2.52. The third-order valence-electron chi connectivity index (χ3n) is 4.75. The molecule has 1 fully saturated rings. The first kappa shape index (κ1) is 20.1. The van der Waals surface area contributed by atoms with Gasteiger partial charge in [-0.3, -0.25) is 0 Å². The SMILES string of the molecule is Cc1noc(C)c1COc1cc(F)c(COC(=O)N2CCNCC2C)c(F)c1. The van der Waals surface area contributed by atoms with Crippen LogP contribution >= 0.6 is 0 Å². The van der Waals surface area contributed by atoms with E-state index in [1.54, 1.807) is 13.8 Å². The van der Waals surface area contributed by atoms with Gasteiger partial charge < -0.3 is 24.2 Å². The summed E-state index contributed by atoms with van der Waals surface area (Å²) in [5.74, 6) is -1.06. The van der Waals surface area contributed by atoms with Gasteiger partial charge in [-0.15, -0.1) is 0 Å². The molecule has 152 valence electrons. The van der Waals surface area contributed by atoms with Gasteiger partial charge in [0.05, 0.1) is 16.8 Å². The van der Waals surface area contributed by atoms with Crippen LogP contribution in [0.5, 0.6) is 5.75 Å². The Hall–Kier alpha value is -2.68. The molecule has 1 atom stereocenters. The average Bonchev–Trinajstić information content (AvgIpc) is 2.97. The third-order valence-corrected chi connectivity index (χ3v) is 4.75. The number of ether oxygens (including phenoxy) is 2. The molecule has 0 bridgehead atoms. The molecule has 0 aliphatic carbocycles. The van der Waals surface area contributed by atoms with Crippen LogP contribution in [0.15, 0.2) is 16.7 Å². The highest BCUT2D eigenvalue weighted by Gasteiger charge is 2.25. The number of piperazine rings is 1. The predicted molar refractivity (Wildman–Crippen MR) is 95.9 cm³/mol. The van der Waals surface area contributed by atoms with Crippen molar-refractivity contribution in [1.82, 2.24) is 15.4 Å². The number of halogens is 2. The third kappa shape index (κ3) is 4.41. The Morgan fingerprint density at radius 3 is 2.61 bits per heavy atom. The van der Waals surface area contributed by atoms with E-state index in [0.717, 1.165) is 17.7 Å². The smallest absolute Gasteiger partial charge is 0.410 e. The fourth-order valence-corrected chi connectivity index (χ4v) is 2.99. The van der Waals surface area contributed by atoms with Crippen LogP contribution in [0.4, 0.5) is 13.6 Å². The lowest BCUT2D eigenvalue weighted by atomic mass is 10.2. The Morgan fingerprint density at radius 1 is 1.29 bits per heavy atom. The van der Waals surface area contributed by atoms with Crippen LogP contribution in [0.25, 0.3) is 0 Å². The summed E-state index contributed by atoms with van der Waals surface area (Å²) < 4.78 is 44.3. The molecule has 0 saturated carbocycles. The van der Waals surface area contributed by atoms with Gasteiger partial charge in [0, 0.05) is 37.8 Å². The Balaban J connectivity index is 1.62. The molecule has 1 unspecified atom stereocenters. The van der Waals surface area contributed by atoms with E-state index in [0.29, 0.717) is 31.1 Å². The quantitative estimate of drug-likeness (QED) is 0.839. The van der Waals surface area contributed by atoms with Gasteiger partial charge in [-0.25, -0.2) is 13.6 Å². The van der Waals surface area contributed by atoms with Gasteiger partial charge in [-0.1, -0.05) is 5.16 Å². The van der Waals surface area contributed by atoms with Crippen molar-refractivity contribution in [1.29, 1.82) is 0 Å². The summed E-state index contributed by atoms with van der Waals surface area (Å²) in [4.78, 5) is 13.7. The number of hydrogen-bond acceptors (Lipinski definition) is 6. The molecule has 1 aromatic carbocycles. The summed E-state index contributed by atoms with van der Waals surface area (Å²) in [5, 5.41) is 6.96. The lowest BCUT2D eigenvalue weighted by molar-refractivity contribution is 0.0744. The van der Waals surface area contributed by atoms with E-state index in [-0.39, 0.29) is 24.0 Å². The Morgan fingerprint density at radius 2 is 2.00 bits per heavy atom. The number of aryl methyl sites for hydroxylation is 2. The lowest BCUT2D eigenvalue weighted by Gasteiger charge is -2.33. The minimum atomic E-state index is -0.838. The van der Waals surface area contributed by atoms with E-state index in [9.17, 15) is 13.6 Å². The average molecular weight is 395 g/mol. The van der Waals surface area contributed by atoms with E-state index < -0.39 is 24.3 Å². The molecular formula is C19H23F2N3O4. The molecule has 3 rings (SSSR count). The van der Waals surface area contributed by atoms with Gasteiger partial charge >= 0.3 is 6.09 Å². The summed E-state index contributed by atoms with van der Waals surface area (Å²) in [5.41, 5.74) is 1.06. The number of benzene rings is 1. The van der Waals surface area contributed by atoms with E-state index in [4.69, 9.17) is 14.0 Å². The second-order valence-corrected chi connectivity index (χ2v) is 6.76. The minimum absolute atomic E-state index is 0.0285. The molecular weight excluding hydrogens is 372 g/mol. The van der Waals surface area contributed by atoms with Crippen LogP contribution in [0.1, 0.15) is 29.5 Å². The van der Waals surface area contributed by atoms with E-state index in [2.05, 4.69) is 10.5 Å². The molecule has 1 saturated heterocycles. The number of carbonyl (C=O) groups excluding carboxylic acids is 1. The van der Waals surface area contributed by atoms with Gasteiger partial charge in [0.1, 0.15) is 36.4 Å². The zero-order valence-corrected chi connectivity index (χ0v) is 16.1. The zero-order chi connectivity index (χ0) is 20.3. The van der Waals surface area contributed by atoms with Crippen LogP contribution in [-0.4, -0.2) is 41.8 Å². The van der Waals surface area contributed by atoms with Crippen LogP contribution in [0, 0.1) is 25.5 Å². The Bertz CT molecular complexity index is 813. The largest absolute Gasteiger partial charge is 0.488 e. The van der Waals surface area contributed by atoms with Gasteiger partial charge in [-0.2, -0.15) is 0 Å². The maximum absolute atomic E-state index is 14.3. The van der Waals surface area contributed by atoms with E-state index in [1.807, 2.05) is 6.92 Å². The summed E-state index contributed by atoms with van der Waals surface area (Å²) in [7, 11) is 0. The Kier molecular flexibility index (Phi) is 6.13. The normalized spacial score (nSPS) is 16.9. The molecule has 2 aromatic rings. The van der Waals surface area contributed by atoms with Gasteiger partial charge in [0.15, 0.2) is 0 Å². The number of rotatable bonds is 5. The highest BCUT2D eigenvalue weighted by Crippen LogP contribution is 2.24. The molecule has 7 nitrogen and oxygen atoms in total. The van der Waals surface area contributed by atoms with Crippen LogP contribution in [-0.2, 0) is 18.0 Å². The summed E-state index contributed by atoms with van der Waals surface area (Å²) in [6, 6.07) is 2.09. The highest BCUT2D eigenvalue weighted by molar-refractivity contribution is 5.68. The minimum Gasteiger partial charge on any atom is -0.488 e. The molecule has 0 radical (unpaired) electrons. The van der Waals surface area contributed by atoms with Crippen molar-refractivity contribution >= 4 is 6.09 Å². The van der Waals surface area contributed by atoms with Crippen molar-refractivity contribution in [3.8, 4) is 5.75 Å². The number of aromatic nitrogens is 1. The second kappa shape index (κ2) is 8.55. The van der Waals surface area contributed by atoms with Gasteiger partial charge in [0.25, 0.3) is 0 Å². The maximum atomic E-state index is 14.3. The first-order valence-corrected chi connectivity index (χ1v) is 9.03. The fraction of sp³-hybridized carbons (Fsp3) is 0.474. The standard InChI is InChI=1S/C19H23F2N3O4/c1-11-8-22-4-5-24(11)19(25)27-10-16-17(20)6-14(7-18(16)21)26-9-15-12(2)23-28-13(15)3/h6-7,11,22H,4-5,8-10H2,1-3H3. The second-order valence-electron chi connectivity index (χ2n) is 6.76. The van der Waals surface area contributed by atoms with Crippen molar-refractivity contribution in [2.75, 3.05) is 19.6 Å². The monoisotopic (exact) mass is 395 g/mol. The molecule has 1 aliphatic heterocycles. The topological polar surface area (TPSA) is 76.8 Å². The van der Waals surface area contributed by atoms with Crippen molar-refractivity contribution in [3.63, 3.8) is 0 Å². The molecule has 2 heterocycles. The number of nitrogens with zero attached hydrogens (tertiary/aromatic N) is 2. The zero-order valence-electron chi connectivity index (χ0n) is 16.1. The van der Waals surface area contributed by atoms with Crippen molar-refractivity contribution in [2.24, 2.45) is 0 Å². The Labute approximate surface area is 161 Å². The maximum Gasteiger partial charge on any atom is 0.410 e. The number of carbonyl (C=O) groups is 1. The van der Waals surface area contributed by atoms with Gasteiger partial charge in [-0.05, 0) is 20.8 Å².